The first kappa shape index (κ1) is 15.5. The highest BCUT2D eigenvalue weighted by atomic mass is 16.5. The number of hydrogen-bond acceptors (Lipinski definition) is 3. The van der Waals surface area contributed by atoms with Crippen LogP contribution in [0.4, 0.5) is 0 Å². The molecule has 1 atom stereocenters. The van der Waals surface area contributed by atoms with Crippen molar-refractivity contribution in [3.63, 3.8) is 0 Å². The number of unbranched alkanes of at least 4 members (excludes halogenated alkanes) is 1. The highest BCUT2D eigenvalue weighted by Crippen LogP contribution is 2.27. The van der Waals surface area contributed by atoms with E-state index < -0.39 is 0 Å². The highest BCUT2D eigenvalue weighted by Gasteiger charge is 2.14. The first-order valence-electron chi connectivity index (χ1n) is 7.35. The summed E-state index contributed by atoms with van der Waals surface area (Å²) in [6, 6.07) is 18.3. The molecule has 21 heavy (non-hydrogen) atoms. The van der Waals surface area contributed by atoms with Gasteiger partial charge < -0.3 is 15.2 Å². The van der Waals surface area contributed by atoms with Gasteiger partial charge in [-0.1, -0.05) is 42.5 Å². The molecule has 0 aliphatic rings. The summed E-state index contributed by atoms with van der Waals surface area (Å²) < 4.78 is 11.3. The van der Waals surface area contributed by atoms with Gasteiger partial charge in [-0.05, 0) is 42.6 Å². The first-order valence-corrected chi connectivity index (χ1v) is 7.35. The molecule has 0 aliphatic heterocycles. The second-order valence-corrected chi connectivity index (χ2v) is 4.93. The van der Waals surface area contributed by atoms with Gasteiger partial charge in [-0.25, -0.2) is 0 Å². The van der Waals surface area contributed by atoms with Crippen LogP contribution in [-0.4, -0.2) is 20.3 Å². The maximum absolute atomic E-state index is 6.09. The van der Waals surface area contributed by atoms with E-state index in [1.165, 1.54) is 0 Å². The van der Waals surface area contributed by atoms with E-state index in [0.29, 0.717) is 13.2 Å². The molecule has 0 saturated heterocycles. The van der Waals surface area contributed by atoms with Gasteiger partial charge in [-0.15, -0.1) is 0 Å². The molecule has 0 amide bonds. The van der Waals surface area contributed by atoms with Crippen LogP contribution < -0.4 is 10.5 Å². The van der Waals surface area contributed by atoms with Gasteiger partial charge in [-0.2, -0.15) is 0 Å². The predicted molar refractivity (Wildman–Crippen MR) is 85.5 cm³/mol. The number of nitrogens with two attached hydrogens (primary N) is 1. The number of methoxy groups -OCH3 is 1. The minimum absolute atomic E-state index is 0.0464. The maximum Gasteiger partial charge on any atom is 0.118 e. The van der Waals surface area contributed by atoms with Gasteiger partial charge in [0.25, 0.3) is 0 Å². The Labute approximate surface area is 126 Å². The second-order valence-electron chi connectivity index (χ2n) is 4.93. The van der Waals surface area contributed by atoms with Gasteiger partial charge >= 0.3 is 0 Å². The summed E-state index contributed by atoms with van der Waals surface area (Å²) in [4.78, 5) is 0. The minimum Gasteiger partial charge on any atom is -0.497 e. The van der Waals surface area contributed by atoms with Gasteiger partial charge in [0.1, 0.15) is 11.9 Å². The van der Waals surface area contributed by atoms with Crippen molar-refractivity contribution < 1.29 is 9.47 Å². The van der Waals surface area contributed by atoms with E-state index in [1.54, 1.807) is 7.11 Å². The topological polar surface area (TPSA) is 44.5 Å². The van der Waals surface area contributed by atoms with E-state index in [-0.39, 0.29) is 6.10 Å². The van der Waals surface area contributed by atoms with Gasteiger partial charge in [0.05, 0.1) is 7.11 Å². The Morgan fingerprint density at radius 2 is 1.57 bits per heavy atom. The molecule has 0 fully saturated rings. The van der Waals surface area contributed by atoms with Gasteiger partial charge in [0.15, 0.2) is 0 Å². The van der Waals surface area contributed by atoms with E-state index in [9.17, 15) is 0 Å². The maximum atomic E-state index is 6.09. The van der Waals surface area contributed by atoms with Gasteiger partial charge in [-0.3, -0.25) is 0 Å². The fraction of sp³-hybridized carbons (Fsp3) is 0.333. The summed E-state index contributed by atoms with van der Waals surface area (Å²) in [7, 11) is 1.67. The monoisotopic (exact) mass is 285 g/mol. The lowest BCUT2D eigenvalue weighted by Gasteiger charge is -2.19. The highest BCUT2D eigenvalue weighted by molar-refractivity contribution is 5.34. The van der Waals surface area contributed by atoms with Crippen LogP contribution in [-0.2, 0) is 4.74 Å². The fourth-order valence-electron chi connectivity index (χ4n) is 2.24. The third kappa shape index (κ3) is 4.59. The lowest BCUT2D eigenvalue weighted by molar-refractivity contribution is 0.0775. The molecule has 0 heterocycles. The van der Waals surface area contributed by atoms with Crippen LogP contribution in [0.5, 0.6) is 5.75 Å². The summed E-state index contributed by atoms with van der Waals surface area (Å²) in [6.07, 6.45) is 1.93. The molecular formula is C18H23NO2. The lowest BCUT2D eigenvalue weighted by Crippen LogP contribution is -2.09. The van der Waals surface area contributed by atoms with E-state index in [4.69, 9.17) is 15.2 Å². The molecule has 112 valence electrons. The summed E-state index contributed by atoms with van der Waals surface area (Å²) in [6.45, 7) is 1.42. The minimum atomic E-state index is -0.0464. The van der Waals surface area contributed by atoms with Crippen molar-refractivity contribution in [1.29, 1.82) is 0 Å². The number of hydrogen-bond donors (Lipinski definition) is 1. The van der Waals surface area contributed by atoms with Crippen molar-refractivity contribution >= 4 is 0 Å². The smallest absolute Gasteiger partial charge is 0.118 e. The third-order valence-corrected chi connectivity index (χ3v) is 3.40. The summed E-state index contributed by atoms with van der Waals surface area (Å²) in [5, 5.41) is 0. The van der Waals surface area contributed by atoms with E-state index in [2.05, 4.69) is 24.3 Å². The summed E-state index contributed by atoms with van der Waals surface area (Å²) >= 11 is 0. The molecule has 3 nitrogen and oxygen atoms in total. The molecule has 1 unspecified atom stereocenters. The average Bonchev–Trinajstić information content (AvgIpc) is 2.56. The molecule has 0 radical (unpaired) electrons. The van der Waals surface area contributed by atoms with Gasteiger partial charge in [0.2, 0.25) is 0 Å². The van der Waals surface area contributed by atoms with Crippen molar-refractivity contribution in [2.75, 3.05) is 20.3 Å². The molecule has 2 aromatic rings. The number of ether oxygens (including phenoxy) is 2. The SMILES string of the molecule is COc1ccc(C(OCCCCN)c2ccccc2)cc1. The number of benzene rings is 2. The van der Waals surface area contributed by atoms with Crippen molar-refractivity contribution in [1.82, 2.24) is 0 Å². The van der Waals surface area contributed by atoms with Crippen LogP contribution >= 0.6 is 0 Å². The quantitative estimate of drug-likeness (QED) is 0.754. The largest absolute Gasteiger partial charge is 0.497 e. The zero-order chi connectivity index (χ0) is 14.9. The standard InChI is InChI=1S/C18H23NO2/c1-20-17-11-9-16(10-12-17)18(21-14-6-5-13-19)15-7-3-2-4-8-15/h2-4,7-12,18H,5-6,13-14,19H2,1H3. The molecule has 0 bridgehead atoms. The van der Waals surface area contributed by atoms with E-state index >= 15 is 0 Å². The zero-order valence-electron chi connectivity index (χ0n) is 12.5. The Kier molecular flexibility index (Phi) is 6.25. The first-order chi connectivity index (χ1) is 10.3. The van der Waals surface area contributed by atoms with Crippen molar-refractivity contribution in [2.24, 2.45) is 5.73 Å². The van der Waals surface area contributed by atoms with Crippen LogP contribution in [0.3, 0.4) is 0 Å². The molecule has 0 aliphatic carbocycles. The van der Waals surface area contributed by atoms with Crippen LogP contribution in [0.2, 0.25) is 0 Å². The molecular weight excluding hydrogens is 262 g/mol. The average molecular weight is 285 g/mol. The van der Waals surface area contributed by atoms with Crippen LogP contribution in [0.1, 0.15) is 30.1 Å². The molecule has 2 aromatic carbocycles. The zero-order valence-corrected chi connectivity index (χ0v) is 12.5. The molecule has 0 spiro atoms. The summed E-state index contributed by atoms with van der Waals surface area (Å²) in [5.74, 6) is 0.855. The van der Waals surface area contributed by atoms with Crippen LogP contribution in [0.25, 0.3) is 0 Å². The molecule has 0 saturated carbocycles. The molecule has 2 N–H and O–H groups in total. The normalized spacial score (nSPS) is 12.1. The Bertz CT molecular complexity index is 511. The van der Waals surface area contributed by atoms with Crippen LogP contribution in [0, 0.1) is 0 Å². The van der Waals surface area contributed by atoms with Gasteiger partial charge in [0, 0.05) is 6.61 Å². The van der Waals surface area contributed by atoms with Crippen molar-refractivity contribution in [3.05, 3.63) is 65.7 Å². The summed E-state index contributed by atoms with van der Waals surface area (Å²) in [5.41, 5.74) is 7.83. The van der Waals surface area contributed by atoms with Crippen molar-refractivity contribution in [2.45, 2.75) is 18.9 Å². The van der Waals surface area contributed by atoms with E-state index in [0.717, 1.165) is 29.7 Å². The molecule has 0 aromatic heterocycles. The Morgan fingerprint density at radius 1 is 0.905 bits per heavy atom. The molecule has 3 heteroatoms. The lowest BCUT2D eigenvalue weighted by atomic mass is 10.0. The third-order valence-electron chi connectivity index (χ3n) is 3.40. The Balaban J connectivity index is 2.14. The Hall–Kier alpha value is -1.84. The Morgan fingerprint density at radius 3 is 2.19 bits per heavy atom. The second kappa shape index (κ2) is 8.45. The van der Waals surface area contributed by atoms with Crippen LogP contribution in [0.15, 0.2) is 54.6 Å². The predicted octanol–water partition coefficient (Wildman–Crippen LogP) is 3.54. The number of rotatable bonds is 8. The van der Waals surface area contributed by atoms with E-state index in [1.807, 2.05) is 30.3 Å². The fourth-order valence-corrected chi connectivity index (χ4v) is 2.24. The molecule has 2 rings (SSSR count). The van der Waals surface area contributed by atoms with Crippen molar-refractivity contribution in [3.8, 4) is 5.75 Å².